The number of allylic oxidation sites excluding steroid dienone is 2. The van der Waals surface area contributed by atoms with E-state index in [0.717, 1.165) is 6.29 Å². The minimum absolute atomic E-state index is 0.869. The molecule has 0 aliphatic heterocycles. The Morgan fingerprint density at radius 2 is 1.78 bits per heavy atom. The van der Waals surface area contributed by atoms with Gasteiger partial charge in [0, 0.05) is 0 Å². The summed E-state index contributed by atoms with van der Waals surface area (Å²) in [6.07, 6.45) is 2.54. The molecule has 0 aromatic heterocycles. The summed E-state index contributed by atoms with van der Waals surface area (Å²) in [4.78, 5) is 10.0. The van der Waals surface area contributed by atoms with Crippen LogP contribution in [0.25, 0.3) is 0 Å². The lowest BCUT2D eigenvalue weighted by molar-refractivity contribution is -0.104. The van der Waals surface area contributed by atoms with Crippen LogP contribution in [0, 0.1) is 0 Å². The Bertz CT molecular complexity index is 130. The van der Waals surface area contributed by atoms with Crippen molar-refractivity contribution in [3.8, 4) is 0 Å². The summed E-state index contributed by atoms with van der Waals surface area (Å²) in [5.41, 5.74) is 0. The molecular weight excluding hydrogens is 128 g/mol. The molecule has 52 valence electrons. The van der Waals surface area contributed by atoms with Gasteiger partial charge in [0.1, 0.15) is 6.29 Å². The predicted octanol–water partition coefficient (Wildman–Crippen LogP) is 2.01. The number of carbonyl (C=O) groups excluding carboxylic acids is 1. The maximum atomic E-state index is 10.0. The summed E-state index contributed by atoms with van der Waals surface area (Å²) in [7, 11) is -1.15. The Hall–Kier alpha value is -0.373. The number of rotatable bonds is 2. The van der Waals surface area contributed by atoms with E-state index >= 15 is 0 Å². The van der Waals surface area contributed by atoms with E-state index in [0.29, 0.717) is 0 Å². The third-order valence-corrected chi connectivity index (χ3v) is 4.03. The van der Waals surface area contributed by atoms with Crippen LogP contribution in [0.5, 0.6) is 0 Å². The average Bonchev–Trinajstić information content (AvgIpc) is 1.64. The van der Waals surface area contributed by atoms with Gasteiger partial charge in [-0.3, -0.25) is 4.79 Å². The van der Waals surface area contributed by atoms with Gasteiger partial charge >= 0.3 is 0 Å². The molecule has 0 saturated carbocycles. The van der Waals surface area contributed by atoms with Crippen LogP contribution in [-0.2, 0) is 4.79 Å². The number of hydrogen-bond acceptors (Lipinski definition) is 1. The molecule has 0 N–H and O–H groups in total. The highest BCUT2D eigenvalue weighted by Gasteiger charge is 2.13. The zero-order valence-corrected chi connectivity index (χ0v) is 7.56. The molecule has 1 nitrogen and oxygen atoms in total. The summed E-state index contributed by atoms with van der Waals surface area (Å²) < 4.78 is 0. The van der Waals surface area contributed by atoms with E-state index in [1.54, 1.807) is 6.08 Å². The summed E-state index contributed by atoms with van der Waals surface area (Å²) >= 11 is 0. The zero-order chi connectivity index (χ0) is 7.49. The molecule has 0 unspecified atom stereocenters. The summed E-state index contributed by atoms with van der Waals surface area (Å²) in [6, 6.07) is 0. The second-order valence-corrected chi connectivity index (χ2v) is 8.52. The van der Waals surface area contributed by atoms with Gasteiger partial charge < -0.3 is 0 Å². The normalized spacial score (nSPS) is 13.6. The number of aldehydes is 1. The minimum Gasteiger partial charge on any atom is -0.299 e. The van der Waals surface area contributed by atoms with E-state index in [9.17, 15) is 4.79 Å². The standard InChI is InChI=1S/C7H14OSi/c1-7(5-6-8)9(2,3)4/h5-6H,1-4H3/b7-5+. The van der Waals surface area contributed by atoms with Gasteiger partial charge in [0.05, 0.1) is 8.07 Å². The van der Waals surface area contributed by atoms with Crippen LogP contribution >= 0.6 is 0 Å². The molecule has 0 atom stereocenters. The Labute approximate surface area is 57.8 Å². The van der Waals surface area contributed by atoms with Crippen LogP contribution in [0.3, 0.4) is 0 Å². The number of hydrogen-bond donors (Lipinski definition) is 0. The van der Waals surface area contributed by atoms with E-state index in [4.69, 9.17) is 0 Å². The van der Waals surface area contributed by atoms with Crippen molar-refractivity contribution in [3.05, 3.63) is 11.3 Å². The minimum atomic E-state index is -1.15. The van der Waals surface area contributed by atoms with Crippen molar-refractivity contribution < 1.29 is 4.79 Å². The lowest BCUT2D eigenvalue weighted by Gasteiger charge is -2.15. The molecule has 0 aromatic carbocycles. The van der Waals surface area contributed by atoms with E-state index in [2.05, 4.69) is 19.6 Å². The van der Waals surface area contributed by atoms with E-state index in [1.807, 2.05) is 6.92 Å². The quantitative estimate of drug-likeness (QED) is 0.327. The maximum absolute atomic E-state index is 10.0. The third-order valence-electron chi connectivity index (χ3n) is 1.50. The molecule has 0 radical (unpaired) electrons. The SMILES string of the molecule is C/C(=C\C=O)[Si](C)(C)C. The van der Waals surface area contributed by atoms with Gasteiger partial charge in [0.25, 0.3) is 0 Å². The molecule has 9 heavy (non-hydrogen) atoms. The topological polar surface area (TPSA) is 17.1 Å². The van der Waals surface area contributed by atoms with E-state index in [1.165, 1.54) is 5.20 Å². The predicted molar refractivity (Wildman–Crippen MR) is 43.2 cm³/mol. The van der Waals surface area contributed by atoms with Crippen LogP contribution < -0.4 is 0 Å². The zero-order valence-electron chi connectivity index (χ0n) is 6.56. The number of carbonyl (C=O) groups is 1. The van der Waals surface area contributed by atoms with Gasteiger partial charge in [0.2, 0.25) is 0 Å². The van der Waals surface area contributed by atoms with Crippen molar-refractivity contribution >= 4 is 14.4 Å². The smallest absolute Gasteiger partial charge is 0.142 e. The van der Waals surface area contributed by atoms with Gasteiger partial charge in [0.15, 0.2) is 0 Å². The first-order valence-electron chi connectivity index (χ1n) is 3.11. The Kier molecular flexibility index (Phi) is 2.84. The second-order valence-electron chi connectivity index (χ2n) is 3.24. The van der Waals surface area contributed by atoms with Crippen molar-refractivity contribution in [1.29, 1.82) is 0 Å². The largest absolute Gasteiger partial charge is 0.299 e. The lowest BCUT2D eigenvalue weighted by atomic mass is 10.6. The third kappa shape index (κ3) is 3.24. The first kappa shape index (κ1) is 8.63. The molecule has 0 aromatic rings. The second kappa shape index (κ2) is 2.97. The van der Waals surface area contributed by atoms with Crippen molar-refractivity contribution in [2.75, 3.05) is 0 Å². The first-order chi connectivity index (χ1) is 3.98. The fourth-order valence-corrected chi connectivity index (χ4v) is 0.920. The maximum Gasteiger partial charge on any atom is 0.142 e. The molecule has 0 spiro atoms. The Morgan fingerprint density at radius 3 is 1.89 bits per heavy atom. The monoisotopic (exact) mass is 142 g/mol. The molecule has 0 bridgehead atoms. The molecule has 2 heteroatoms. The van der Waals surface area contributed by atoms with Crippen LogP contribution in [0.1, 0.15) is 6.92 Å². The molecule has 0 rings (SSSR count). The van der Waals surface area contributed by atoms with Crippen molar-refractivity contribution in [3.63, 3.8) is 0 Å². The molecule has 0 aliphatic carbocycles. The fraction of sp³-hybridized carbons (Fsp3) is 0.571. The highest BCUT2D eigenvalue weighted by molar-refractivity contribution is 6.83. The van der Waals surface area contributed by atoms with Gasteiger partial charge in [-0.25, -0.2) is 0 Å². The molecule has 0 aliphatic rings. The first-order valence-corrected chi connectivity index (χ1v) is 6.61. The van der Waals surface area contributed by atoms with Crippen molar-refractivity contribution in [1.82, 2.24) is 0 Å². The van der Waals surface area contributed by atoms with Gasteiger partial charge in [-0.05, 0) is 13.0 Å². The molecule has 0 amide bonds. The van der Waals surface area contributed by atoms with Crippen LogP contribution in [0.4, 0.5) is 0 Å². The van der Waals surface area contributed by atoms with Crippen molar-refractivity contribution in [2.24, 2.45) is 0 Å². The van der Waals surface area contributed by atoms with Crippen LogP contribution in [-0.4, -0.2) is 14.4 Å². The molecule has 0 fully saturated rings. The molecular formula is C7H14OSi. The van der Waals surface area contributed by atoms with Crippen LogP contribution in [0.2, 0.25) is 19.6 Å². The van der Waals surface area contributed by atoms with Crippen molar-refractivity contribution in [2.45, 2.75) is 26.6 Å². The Morgan fingerprint density at radius 1 is 1.33 bits per heavy atom. The Balaban J connectivity index is 4.19. The fourth-order valence-electron chi connectivity index (χ4n) is 0.352. The lowest BCUT2D eigenvalue weighted by Crippen LogP contribution is -2.21. The van der Waals surface area contributed by atoms with Crippen LogP contribution in [0.15, 0.2) is 11.3 Å². The molecule has 0 heterocycles. The van der Waals surface area contributed by atoms with E-state index in [-0.39, 0.29) is 0 Å². The van der Waals surface area contributed by atoms with Gasteiger partial charge in [-0.15, -0.1) is 0 Å². The average molecular weight is 142 g/mol. The summed E-state index contributed by atoms with van der Waals surface area (Å²) in [5, 5.41) is 1.26. The summed E-state index contributed by atoms with van der Waals surface area (Å²) in [6.45, 7) is 8.70. The highest BCUT2D eigenvalue weighted by atomic mass is 28.3. The van der Waals surface area contributed by atoms with Gasteiger partial charge in [-0.2, -0.15) is 0 Å². The summed E-state index contributed by atoms with van der Waals surface area (Å²) in [5.74, 6) is 0. The highest BCUT2D eigenvalue weighted by Crippen LogP contribution is 2.11. The van der Waals surface area contributed by atoms with Gasteiger partial charge in [-0.1, -0.05) is 24.8 Å². The van der Waals surface area contributed by atoms with E-state index < -0.39 is 8.07 Å². The molecule has 0 saturated heterocycles.